The van der Waals surface area contributed by atoms with E-state index in [0.717, 1.165) is 15.4 Å². The number of hydrogen-bond donors (Lipinski definition) is 1. The number of fused-ring (bicyclic) bond motifs is 1. The van der Waals surface area contributed by atoms with Gasteiger partial charge in [-0.05, 0) is 51.3 Å². The number of para-hydroxylation sites is 1. The van der Waals surface area contributed by atoms with E-state index >= 15 is 0 Å². The molecule has 1 N–H and O–H groups in total. The van der Waals surface area contributed by atoms with E-state index in [2.05, 4.69) is 39.4 Å². The molecule has 0 bridgehead atoms. The Labute approximate surface area is 149 Å². The van der Waals surface area contributed by atoms with E-state index in [0.29, 0.717) is 5.75 Å². The average molecular weight is 384 g/mol. The fourth-order valence-electron chi connectivity index (χ4n) is 2.69. The highest BCUT2D eigenvalue weighted by atomic mass is 79.9. The van der Waals surface area contributed by atoms with Crippen LogP contribution in [-0.2, 0) is 4.79 Å². The fourth-order valence-corrected chi connectivity index (χ4v) is 3.09. The Morgan fingerprint density at radius 3 is 2.58 bits per heavy atom. The van der Waals surface area contributed by atoms with Crippen LogP contribution in [0.3, 0.4) is 0 Å². The van der Waals surface area contributed by atoms with E-state index in [4.69, 9.17) is 4.74 Å². The molecule has 0 aliphatic rings. The number of rotatable bonds is 5. The van der Waals surface area contributed by atoms with Gasteiger partial charge in [0.2, 0.25) is 0 Å². The first-order valence-corrected chi connectivity index (χ1v) is 8.59. The minimum absolute atomic E-state index is 0.0162. The summed E-state index contributed by atoms with van der Waals surface area (Å²) in [5.41, 5.74) is 1.10. The van der Waals surface area contributed by atoms with Crippen molar-refractivity contribution in [3.05, 3.63) is 76.8 Å². The van der Waals surface area contributed by atoms with Gasteiger partial charge in [-0.25, -0.2) is 0 Å². The highest BCUT2D eigenvalue weighted by molar-refractivity contribution is 9.10. The third-order valence-electron chi connectivity index (χ3n) is 3.86. The Bertz CT molecular complexity index is 858. The van der Waals surface area contributed by atoms with Gasteiger partial charge in [-0.15, -0.1) is 0 Å². The monoisotopic (exact) mass is 383 g/mol. The molecule has 4 heteroatoms. The van der Waals surface area contributed by atoms with Crippen molar-refractivity contribution in [2.45, 2.75) is 13.0 Å². The average Bonchev–Trinajstić information content (AvgIpc) is 2.60. The Kier molecular flexibility index (Phi) is 5.16. The largest absolute Gasteiger partial charge is 0.483 e. The third-order valence-corrected chi connectivity index (χ3v) is 4.52. The molecule has 0 fully saturated rings. The lowest BCUT2D eigenvalue weighted by atomic mass is 10.00. The molecule has 1 atom stereocenters. The number of carbonyl (C=O) groups excluding carboxylic acids is 1. The predicted octanol–water partition coefficient (Wildman–Crippen LogP) is 4.86. The van der Waals surface area contributed by atoms with Crippen molar-refractivity contribution in [2.75, 3.05) is 6.61 Å². The van der Waals surface area contributed by atoms with Crippen LogP contribution in [0, 0.1) is 0 Å². The van der Waals surface area contributed by atoms with Crippen LogP contribution in [0.5, 0.6) is 5.75 Å². The minimum atomic E-state index is -0.147. The summed E-state index contributed by atoms with van der Waals surface area (Å²) in [6.45, 7) is 1.97. The van der Waals surface area contributed by atoms with Gasteiger partial charge in [0.25, 0.3) is 5.91 Å². The van der Waals surface area contributed by atoms with Crippen LogP contribution in [-0.4, -0.2) is 12.5 Å². The smallest absolute Gasteiger partial charge is 0.258 e. The molecule has 0 heterocycles. The predicted molar refractivity (Wildman–Crippen MR) is 100 cm³/mol. The number of nitrogens with one attached hydrogen (secondary N) is 1. The second kappa shape index (κ2) is 7.49. The van der Waals surface area contributed by atoms with Crippen LogP contribution < -0.4 is 10.1 Å². The summed E-state index contributed by atoms with van der Waals surface area (Å²) in [6, 6.07) is 21.7. The van der Waals surface area contributed by atoms with E-state index < -0.39 is 0 Å². The molecule has 0 radical (unpaired) electrons. The first-order valence-electron chi connectivity index (χ1n) is 7.79. The van der Waals surface area contributed by atoms with Gasteiger partial charge in [-0.2, -0.15) is 0 Å². The zero-order valence-electron chi connectivity index (χ0n) is 13.3. The second-order valence-corrected chi connectivity index (χ2v) is 6.43. The van der Waals surface area contributed by atoms with Crippen molar-refractivity contribution >= 4 is 32.6 Å². The minimum Gasteiger partial charge on any atom is -0.483 e. The van der Waals surface area contributed by atoms with Gasteiger partial charge in [0.05, 0.1) is 10.5 Å². The van der Waals surface area contributed by atoms with E-state index in [1.165, 1.54) is 5.39 Å². The van der Waals surface area contributed by atoms with Gasteiger partial charge in [-0.1, -0.05) is 54.6 Å². The standard InChI is InChI=1S/C20H18BrNO2/c1-14(16-10-6-8-15-7-2-3-9-17(15)16)22-20(23)13-24-19-12-5-4-11-18(19)21/h2-12,14H,13H2,1H3,(H,22,23)/t14-/m0/s1. The Morgan fingerprint density at radius 2 is 1.75 bits per heavy atom. The summed E-state index contributed by atoms with van der Waals surface area (Å²) in [6.07, 6.45) is 0. The Hall–Kier alpha value is -2.33. The molecule has 3 aromatic rings. The molecule has 3 aromatic carbocycles. The molecular formula is C20H18BrNO2. The topological polar surface area (TPSA) is 38.3 Å². The summed E-state index contributed by atoms with van der Waals surface area (Å²) in [7, 11) is 0. The molecule has 3 rings (SSSR count). The van der Waals surface area contributed by atoms with Crippen LogP contribution in [0.1, 0.15) is 18.5 Å². The van der Waals surface area contributed by atoms with Crippen molar-refractivity contribution in [3.8, 4) is 5.75 Å². The molecule has 0 aliphatic carbocycles. The van der Waals surface area contributed by atoms with Crippen LogP contribution in [0.2, 0.25) is 0 Å². The van der Waals surface area contributed by atoms with Crippen molar-refractivity contribution in [2.24, 2.45) is 0 Å². The van der Waals surface area contributed by atoms with Crippen LogP contribution in [0.4, 0.5) is 0 Å². The van der Waals surface area contributed by atoms with Gasteiger partial charge in [0.15, 0.2) is 6.61 Å². The highest BCUT2D eigenvalue weighted by Gasteiger charge is 2.13. The number of amides is 1. The normalized spacial score (nSPS) is 11.9. The van der Waals surface area contributed by atoms with E-state index in [9.17, 15) is 4.79 Å². The number of benzene rings is 3. The molecule has 24 heavy (non-hydrogen) atoms. The highest BCUT2D eigenvalue weighted by Crippen LogP contribution is 2.25. The van der Waals surface area contributed by atoms with Gasteiger partial charge in [0.1, 0.15) is 5.75 Å². The molecule has 3 nitrogen and oxygen atoms in total. The molecule has 0 saturated heterocycles. The number of ether oxygens (including phenoxy) is 1. The fraction of sp³-hybridized carbons (Fsp3) is 0.150. The molecule has 0 aliphatic heterocycles. The molecule has 0 unspecified atom stereocenters. The first kappa shape index (κ1) is 16.5. The number of hydrogen-bond acceptors (Lipinski definition) is 2. The maximum Gasteiger partial charge on any atom is 0.258 e. The molecule has 0 aromatic heterocycles. The molecule has 122 valence electrons. The zero-order chi connectivity index (χ0) is 16.9. The van der Waals surface area contributed by atoms with Crippen LogP contribution >= 0.6 is 15.9 Å². The van der Waals surface area contributed by atoms with Crippen molar-refractivity contribution in [1.29, 1.82) is 0 Å². The van der Waals surface area contributed by atoms with E-state index in [1.54, 1.807) is 0 Å². The first-order chi connectivity index (χ1) is 11.6. The van der Waals surface area contributed by atoms with Crippen molar-refractivity contribution in [1.82, 2.24) is 5.32 Å². The van der Waals surface area contributed by atoms with Gasteiger partial charge in [-0.3, -0.25) is 4.79 Å². The number of carbonyl (C=O) groups is 1. The van der Waals surface area contributed by atoms with Gasteiger partial charge < -0.3 is 10.1 Å². The van der Waals surface area contributed by atoms with Crippen LogP contribution in [0.15, 0.2) is 71.2 Å². The lowest BCUT2D eigenvalue weighted by Gasteiger charge is -2.17. The quantitative estimate of drug-likeness (QED) is 0.683. The SMILES string of the molecule is C[C@H](NC(=O)COc1ccccc1Br)c1cccc2ccccc12. The van der Waals surface area contributed by atoms with E-state index in [-0.39, 0.29) is 18.6 Å². The third kappa shape index (κ3) is 3.77. The van der Waals surface area contributed by atoms with Crippen LogP contribution in [0.25, 0.3) is 10.8 Å². The maximum absolute atomic E-state index is 12.2. The van der Waals surface area contributed by atoms with Gasteiger partial charge in [0, 0.05) is 0 Å². The van der Waals surface area contributed by atoms with E-state index in [1.807, 2.05) is 55.5 Å². The lowest BCUT2D eigenvalue weighted by Crippen LogP contribution is -2.31. The summed E-state index contributed by atoms with van der Waals surface area (Å²) in [4.78, 5) is 12.2. The lowest BCUT2D eigenvalue weighted by molar-refractivity contribution is -0.123. The summed E-state index contributed by atoms with van der Waals surface area (Å²) in [5.74, 6) is 0.511. The Balaban J connectivity index is 1.67. The summed E-state index contributed by atoms with van der Waals surface area (Å²) >= 11 is 3.40. The molecular weight excluding hydrogens is 366 g/mol. The molecule has 0 spiro atoms. The maximum atomic E-state index is 12.2. The molecule has 0 saturated carbocycles. The summed E-state index contributed by atoms with van der Waals surface area (Å²) in [5, 5.41) is 5.32. The zero-order valence-corrected chi connectivity index (χ0v) is 14.9. The summed E-state index contributed by atoms with van der Waals surface area (Å²) < 4.78 is 6.40. The van der Waals surface area contributed by atoms with Crippen molar-refractivity contribution in [3.63, 3.8) is 0 Å². The van der Waals surface area contributed by atoms with Crippen molar-refractivity contribution < 1.29 is 9.53 Å². The molecule has 1 amide bonds. The number of halogens is 1. The second-order valence-electron chi connectivity index (χ2n) is 5.58. The van der Waals surface area contributed by atoms with Gasteiger partial charge >= 0.3 is 0 Å². The Morgan fingerprint density at radius 1 is 1.04 bits per heavy atom.